The summed E-state index contributed by atoms with van der Waals surface area (Å²) in [6, 6.07) is 4.37. The van der Waals surface area contributed by atoms with Gasteiger partial charge in [-0.05, 0) is 36.8 Å². The van der Waals surface area contributed by atoms with Crippen molar-refractivity contribution in [3.63, 3.8) is 0 Å². The van der Waals surface area contributed by atoms with Gasteiger partial charge in [-0.2, -0.15) is 0 Å². The Morgan fingerprint density at radius 3 is 2.71 bits per heavy atom. The van der Waals surface area contributed by atoms with Gasteiger partial charge in [0, 0.05) is 25.1 Å². The Balaban J connectivity index is 2.07. The minimum atomic E-state index is 0.669. The Bertz CT molecular complexity index is 275. The summed E-state index contributed by atoms with van der Waals surface area (Å²) >= 11 is 0. The minimum absolute atomic E-state index is 0.669. The van der Waals surface area contributed by atoms with Gasteiger partial charge in [0.2, 0.25) is 0 Å². The molecule has 1 aliphatic heterocycles. The fourth-order valence-electron chi connectivity index (χ4n) is 1.92. The number of nitrogens with zero attached hydrogens (tertiary/aromatic N) is 1. The average molecular weight is 191 g/mol. The highest BCUT2D eigenvalue weighted by atomic mass is 16.5. The third kappa shape index (κ3) is 2.13. The fourth-order valence-corrected chi connectivity index (χ4v) is 1.92. The SMILES string of the molecule is CCc1ccc(C2CCOCC2)cn1. The summed E-state index contributed by atoms with van der Waals surface area (Å²) in [6.45, 7) is 3.94. The lowest BCUT2D eigenvalue weighted by Crippen LogP contribution is -2.14. The molecule has 0 aromatic carbocycles. The molecule has 1 aromatic rings. The summed E-state index contributed by atoms with van der Waals surface area (Å²) in [5.74, 6) is 0.669. The summed E-state index contributed by atoms with van der Waals surface area (Å²) in [7, 11) is 0. The maximum Gasteiger partial charge on any atom is 0.0471 e. The Hall–Kier alpha value is -0.890. The van der Waals surface area contributed by atoms with Crippen LogP contribution < -0.4 is 0 Å². The standard InChI is InChI=1S/C12H17NO/c1-2-12-4-3-11(9-13-12)10-5-7-14-8-6-10/h3-4,9-10H,2,5-8H2,1H3. The van der Waals surface area contributed by atoms with Crippen molar-refractivity contribution >= 4 is 0 Å². The Morgan fingerprint density at radius 2 is 2.14 bits per heavy atom. The molecule has 2 rings (SSSR count). The van der Waals surface area contributed by atoms with Gasteiger partial charge in [-0.25, -0.2) is 0 Å². The topological polar surface area (TPSA) is 22.1 Å². The van der Waals surface area contributed by atoms with E-state index >= 15 is 0 Å². The van der Waals surface area contributed by atoms with Crippen LogP contribution in [-0.4, -0.2) is 18.2 Å². The zero-order chi connectivity index (χ0) is 9.80. The lowest BCUT2D eigenvalue weighted by atomic mass is 9.93. The second kappa shape index (κ2) is 4.56. The van der Waals surface area contributed by atoms with Gasteiger partial charge in [0.25, 0.3) is 0 Å². The van der Waals surface area contributed by atoms with E-state index in [0.717, 1.165) is 32.5 Å². The Labute approximate surface area is 85.3 Å². The number of aryl methyl sites for hydroxylation is 1. The molecule has 2 heterocycles. The van der Waals surface area contributed by atoms with E-state index in [1.807, 2.05) is 6.20 Å². The summed E-state index contributed by atoms with van der Waals surface area (Å²) in [5.41, 5.74) is 2.56. The number of hydrogen-bond donors (Lipinski definition) is 0. The molecule has 0 amide bonds. The van der Waals surface area contributed by atoms with Crippen LogP contribution in [0.5, 0.6) is 0 Å². The first-order valence-corrected chi connectivity index (χ1v) is 5.42. The van der Waals surface area contributed by atoms with Crippen molar-refractivity contribution in [1.82, 2.24) is 4.98 Å². The van der Waals surface area contributed by atoms with Gasteiger partial charge >= 0.3 is 0 Å². The van der Waals surface area contributed by atoms with E-state index in [4.69, 9.17) is 4.74 Å². The van der Waals surface area contributed by atoms with Gasteiger partial charge in [0.1, 0.15) is 0 Å². The molecule has 0 saturated carbocycles. The molecule has 0 radical (unpaired) electrons. The monoisotopic (exact) mass is 191 g/mol. The maximum atomic E-state index is 5.35. The first kappa shape index (κ1) is 9.66. The Morgan fingerprint density at radius 1 is 1.36 bits per heavy atom. The van der Waals surface area contributed by atoms with Crippen molar-refractivity contribution in [2.45, 2.75) is 32.1 Å². The molecule has 2 heteroatoms. The summed E-state index contributed by atoms with van der Waals surface area (Å²) in [4.78, 5) is 4.43. The minimum Gasteiger partial charge on any atom is -0.381 e. The lowest BCUT2D eigenvalue weighted by molar-refractivity contribution is 0.0852. The van der Waals surface area contributed by atoms with Gasteiger partial charge in [-0.3, -0.25) is 4.98 Å². The van der Waals surface area contributed by atoms with Crippen molar-refractivity contribution in [1.29, 1.82) is 0 Å². The molecule has 0 aliphatic carbocycles. The first-order valence-electron chi connectivity index (χ1n) is 5.42. The van der Waals surface area contributed by atoms with Crippen molar-refractivity contribution in [3.05, 3.63) is 29.6 Å². The Kier molecular flexibility index (Phi) is 3.14. The molecule has 0 unspecified atom stereocenters. The van der Waals surface area contributed by atoms with E-state index in [1.54, 1.807) is 0 Å². The van der Waals surface area contributed by atoms with Crippen LogP contribution in [0, 0.1) is 0 Å². The van der Waals surface area contributed by atoms with Crippen LogP contribution in [0.15, 0.2) is 18.3 Å². The van der Waals surface area contributed by atoms with Gasteiger partial charge in [-0.1, -0.05) is 13.0 Å². The highest BCUT2D eigenvalue weighted by Gasteiger charge is 2.15. The van der Waals surface area contributed by atoms with Crippen LogP contribution in [0.3, 0.4) is 0 Å². The second-order valence-corrected chi connectivity index (χ2v) is 3.82. The third-order valence-corrected chi connectivity index (χ3v) is 2.90. The molecule has 14 heavy (non-hydrogen) atoms. The van der Waals surface area contributed by atoms with Crippen molar-refractivity contribution in [2.24, 2.45) is 0 Å². The highest BCUT2D eigenvalue weighted by molar-refractivity contribution is 5.18. The highest BCUT2D eigenvalue weighted by Crippen LogP contribution is 2.26. The smallest absolute Gasteiger partial charge is 0.0471 e. The zero-order valence-corrected chi connectivity index (χ0v) is 8.70. The number of pyridine rings is 1. The van der Waals surface area contributed by atoms with E-state index in [-0.39, 0.29) is 0 Å². The van der Waals surface area contributed by atoms with E-state index in [1.165, 1.54) is 11.3 Å². The molecule has 1 saturated heterocycles. The van der Waals surface area contributed by atoms with E-state index in [9.17, 15) is 0 Å². The van der Waals surface area contributed by atoms with Crippen LogP contribution >= 0.6 is 0 Å². The molecular formula is C12H17NO. The molecule has 0 spiro atoms. The molecular weight excluding hydrogens is 174 g/mol. The summed E-state index contributed by atoms with van der Waals surface area (Å²) in [5, 5.41) is 0. The molecule has 0 bridgehead atoms. The molecule has 0 atom stereocenters. The normalized spacial score (nSPS) is 18.4. The molecule has 2 nitrogen and oxygen atoms in total. The molecule has 1 aliphatic rings. The third-order valence-electron chi connectivity index (χ3n) is 2.90. The molecule has 0 N–H and O–H groups in total. The first-order chi connectivity index (χ1) is 6.90. The van der Waals surface area contributed by atoms with Crippen LogP contribution in [-0.2, 0) is 11.2 Å². The second-order valence-electron chi connectivity index (χ2n) is 3.82. The fraction of sp³-hybridized carbons (Fsp3) is 0.583. The predicted molar refractivity (Wildman–Crippen MR) is 56.4 cm³/mol. The largest absolute Gasteiger partial charge is 0.381 e. The van der Waals surface area contributed by atoms with Gasteiger partial charge in [0.05, 0.1) is 0 Å². The number of hydrogen-bond acceptors (Lipinski definition) is 2. The van der Waals surface area contributed by atoms with E-state index in [0.29, 0.717) is 5.92 Å². The van der Waals surface area contributed by atoms with Crippen LogP contribution in [0.2, 0.25) is 0 Å². The van der Waals surface area contributed by atoms with Gasteiger partial charge in [0.15, 0.2) is 0 Å². The van der Waals surface area contributed by atoms with Crippen LogP contribution in [0.1, 0.15) is 36.9 Å². The number of rotatable bonds is 2. The van der Waals surface area contributed by atoms with Crippen LogP contribution in [0.25, 0.3) is 0 Å². The van der Waals surface area contributed by atoms with E-state index < -0.39 is 0 Å². The van der Waals surface area contributed by atoms with Crippen molar-refractivity contribution in [3.8, 4) is 0 Å². The summed E-state index contributed by atoms with van der Waals surface area (Å²) in [6.07, 6.45) is 5.35. The zero-order valence-electron chi connectivity index (χ0n) is 8.70. The maximum absolute atomic E-state index is 5.35. The van der Waals surface area contributed by atoms with Gasteiger partial charge < -0.3 is 4.74 Å². The van der Waals surface area contributed by atoms with Crippen molar-refractivity contribution in [2.75, 3.05) is 13.2 Å². The molecule has 76 valence electrons. The van der Waals surface area contributed by atoms with Crippen LogP contribution in [0.4, 0.5) is 0 Å². The lowest BCUT2D eigenvalue weighted by Gasteiger charge is -2.22. The van der Waals surface area contributed by atoms with Crippen molar-refractivity contribution < 1.29 is 4.74 Å². The quantitative estimate of drug-likeness (QED) is 0.716. The number of aromatic nitrogens is 1. The number of ether oxygens (including phenoxy) is 1. The van der Waals surface area contributed by atoms with Gasteiger partial charge in [-0.15, -0.1) is 0 Å². The average Bonchev–Trinajstić information content (AvgIpc) is 2.30. The molecule has 1 fully saturated rings. The predicted octanol–water partition coefficient (Wildman–Crippen LogP) is 2.54. The summed E-state index contributed by atoms with van der Waals surface area (Å²) < 4.78 is 5.35. The van der Waals surface area contributed by atoms with E-state index in [2.05, 4.69) is 24.0 Å². The molecule has 1 aromatic heterocycles.